The van der Waals surface area contributed by atoms with E-state index in [1.165, 1.54) is 11.1 Å². The molecule has 0 spiro atoms. The van der Waals surface area contributed by atoms with E-state index < -0.39 is 0 Å². The van der Waals surface area contributed by atoms with Crippen molar-refractivity contribution in [3.8, 4) is 0 Å². The lowest BCUT2D eigenvalue weighted by Crippen LogP contribution is -2.10. The van der Waals surface area contributed by atoms with E-state index in [1.54, 1.807) is 11.3 Å². The van der Waals surface area contributed by atoms with Gasteiger partial charge in [-0.25, -0.2) is 0 Å². The van der Waals surface area contributed by atoms with Gasteiger partial charge in [0.2, 0.25) is 0 Å². The molecule has 1 unspecified atom stereocenters. The molecule has 0 bridgehead atoms. The Kier molecular flexibility index (Phi) is 3.33. The highest BCUT2D eigenvalue weighted by Gasteiger charge is 2.14. The summed E-state index contributed by atoms with van der Waals surface area (Å²) in [6.45, 7) is 4.20. The molecular weight excluding hydrogens is 238 g/mol. The van der Waals surface area contributed by atoms with Crippen LogP contribution < -0.4 is 5.73 Å². The first-order valence-electron chi connectivity index (χ1n) is 5.15. The third-order valence-corrected chi connectivity index (χ3v) is 4.26. The first kappa shape index (κ1) is 11.6. The third-order valence-electron chi connectivity index (χ3n) is 2.82. The Labute approximate surface area is 105 Å². The highest BCUT2D eigenvalue weighted by atomic mass is 35.5. The van der Waals surface area contributed by atoms with Gasteiger partial charge in [-0.3, -0.25) is 0 Å². The molecule has 1 aromatic carbocycles. The summed E-state index contributed by atoms with van der Waals surface area (Å²) in [5.74, 6) is 0. The molecule has 16 heavy (non-hydrogen) atoms. The summed E-state index contributed by atoms with van der Waals surface area (Å²) in [4.78, 5) is 1.03. The molecule has 2 N–H and O–H groups in total. The number of aryl methyl sites for hydroxylation is 2. The van der Waals surface area contributed by atoms with Crippen LogP contribution in [0.4, 0.5) is 0 Å². The highest BCUT2D eigenvalue weighted by molar-refractivity contribution is 7.10. The lowest BCUT2D eigenvalue weighted by atomic mass is 10.0. The average Bonchev–Trinajstić information content (AvgIpc) is 2.67. The van der Waals surface area contributed by atoms with Crippen LogP contribution in [-0.4, -0.2) is 0 Å². The molecule has 3 heteroatoms. The van der Waals surface area contributed by atoms with Gasteiger partial charge < -0.3 is 5.73 Å². The van der Waals surface area contributed by atoms with E-state index in [-0.39, 0.29) is 6.04 Å². The Morgan fingerprint density at radius 3 is 2.50 bits per heavy atom. The number of rotatable bonds is 2. The van der Waals surface area contributed by atoms with Gasteiger partial charge in [0.1, 0.15) is 0 Å². The van der Waals surface area contributed by atoms with Crippen molar-refractivity contribution in [3.63, 3.8) is 0 Å². The van der Waals surface area contributed by atoms with E-state index in [0.717, 1.165) is 15.5 Å². The monoisotopic (exact) mass is 251 g/mol. The highest BCUT2D eigenvalue weighted by Crippen LogP contribution is 2.31. The van der Waals surface area contributed by atoms with Gasteiger partial charge in [-0.15, -0.1) is 11.3 Å². The van der Waals surface area contributed by atoms with Gasteiger partial charge in [0.15, 0.2) is 0 Å². The Bertz CT molecular complexity index is 504. The topological polar surface area (TPSA) is 26.0 Å². The Morgan fingerprint density at radius 1 is 1.19 bits per heavy atom. The van der Waals surface area contributed by atoms with Gasteiger partial charge in [0, 0.05) is 4.88 Å². The van der Waals surface area contributed by atoms with Crippen molar-refractivity contribution in [1.29, 1.82) is 0 Å². The van der Waals surface area contributed by atoms with Crippen molar-refractivity contribution in [2.45, 2.75) is 19.9 Å². The molecule has 1 atom stereocenters. The number of hydrogen-bond donors (Lipinski definition) is 1. The molecule has 0 saturated carbocycles. The molecule has 0 saturated heterocycles. The number of halogens is 1. The van der Waals surface area contributed by atoms with Gasteiger partial charge in [-0.1, -0.05) is 29.8 Å². The molecule has 0 amide bonds. The largest absolute Gasteiger partial charge is 0.320 e. The van der Waals surface area contributed by atoms with Gasteiger partial charge >= 0.3 is 0 Å². The van der Waals surface area contributed by atoms with Crippen LogP contribution in [0.15, 0.2) is 29.6 Å². The standard InChI is InChI=1S/C13H14ClNS/c1-8-3-4-10(7-9(8)2)12(15)13-11(14)5-6-16-13/h3-7,12H,15H2,1-2H3. The smallest absolute Gasteiger partial charge is 0.0661 e. The van der Waals surface area contributed by atoms with Gasteiger partial charge in [0.25, 0.3) is 0 Å². The van der Waals surface area contributed by atoms with Crippen LogP contribution in [0, 0.1) is 13.8 Å². The molecule has 0 radical (unpaired) electrons. The van der Waals surface area contributed by atoms with Crippen LogP contribution in [0.3, 0.4) is 0 Å². The van der Waals surface area contributed by atoms with E-state index in [2.05, 4.69) is 32.0 Å². The maximum Gasteiger partial charge on any atom is 0.0661 e. The molecule has 0 aliphatic rings. The van der Waals surface area contributed by atoms with Crippen LogP contribution in [0.2, 0.25) is 5.02 Å². The number of thiophene rings is 1. The summed E-state index contributed by atoms with van der Waals surface area (Å²) in [5.41, 5.74) is 9.87. The van der Waals surface area contributed by atoms with E-state index in [1.807, 2.05) is 11.4 Å². The minimum atomic E-state index is -0.119. The van der Waals surface area contributed by atoms with Crippen molar-refractivity contribution in [3.05, 3.63) is 56.2 Å². The molecule has 0 aliphatic heterocycles. The third kappa shape index (κ3) is 2.14. The second-order valence-electron chi connectivity index (χ2n) is 3.95. The van der Waals surface area contributed by atoms with E-state index in [9.17, 15) is 0 Å². The maximum atomic E-state index is 6.21. The lowest BCUT2D eigenvalue weighted by molar-refractivity contribution is 0.890. The number of benzene rings is 1. The van der Waals surface area contributed by atoms with E-state index >= 15 is 0 Å². The van der Waals surface area contributed by atoms with Crippen LogP contribution in [-0.2, 0) is 0 Å². The minimum Gasteiger partial charge on any atom is -0.320 e. The number of hydrogen-bond acceptors (Lipinski definition) is 2. The van der Waals surface area contributed by atoms with Crippen molar-refractivity contribution in [1.82, 2.24) is 0 Å². The Balaban J connectivity index is 2.38. The molecule has 1 aromatic heterocycles. The van der Waals surface area contributed by atoms with Crippen molar-refractivity contribution < 1.29 is 0 Å². The first-order chi connectivity index (χ1) is 7.59. The fraction of sp³-hybridized carbons (Fsp3) is 0.231. The predicted molar refractivity (Wildman–Crippen MR) is 71.3 cm³/mol. The van der Waals surface area contributed by atoms with Crippen LogP contribution >= 0.6 is 22.9 Å². The number of nitrogens with two attached hydrogens (primary N) is 1. The van der Waals surface area contributed by atoms with E-state index in [0.29, 0.717) is 0 Å². The summed E-state index contributed by atoms with van der Waals surface area (Å²) < 4.78 is 0. The first-order valence-corrected chi connectivity index (χ1v) is 6.41. The average molecular weight is 252 g/mol. The fourth-order valence-corrected chi connectivity index (χ4v) is 2.84. The summed E-state index contributed by atoms with van der Waals surface area (Å²) in [6.07, 6.45) is 0. The van der Waals surface area contributed by atoms with Crippen LogP contribution in [0.5, 0.6) is 0 Å². The molecule has 2 rings (SSSR count). The molecule has 84 valence electrons. The molecule has 1 nitrogen and oxygen atoms in total. The van der Waals surface area contributed by atoms with Crippen molar-refractivity contribution in [2.75, 3.05) is 0 Å². The van der Waals surface area contributed by atoms with Gasteiger partial charge in [0.05, 0.1) is 11.1 Å². The van der Waals surface area contributed by atoms with Gasteiger partial charge in [-0.05, 0) is 42.0 Å². The molecule has 1 heterocycles. The quantitative estimate of drug-likeness (QED) is 0.856. The van der Waals surface area contributed by atoms with Crippen molar-refractivity contribution in [2.24, 2.45) is 5.73 Å². The zero-order valence-corrected chi connectivity index (χ0v) is 10.9. The summed E-state index contributed by atoms with van der Waals surface area (Å²) in [7, 11) is 0. The molecule has 0 fully saturated rings. The molecule has 0 aliphatic carbocycles. The SMILES string of the molecule is Cc1ccc(C(N)c2sccc2Cl)cc1C. The molecule has 2 aromatic rings. The van der Waals surface area contributed by atoms with Crippen LogP contribution in [0.1, 0.15) is 27.6 Å². The summed E-state index contributed by atoms with van der Waals surface area (Å²) in [6, 6.07) is 8.08. The molecular formula is C13H14ClNS. The summed E-state index contributed by atoms with van der Waals surface area (Å²) in [5, 5.41) is 2.73. The second kappa shape index (κ2) is 4.58. The van der Waals surface area contributed by atoms with Crippen LogP contribution in [0.25, 0.3) is 0 Å². The Hall–Kier alpha value is -0.830. The summed E-state index contributed by atoms with van der Waals surface area (Å²) >= 11 is 7.69. The van der Waals surface area contributed by atoms with Crippen molar-refractivity contribution >= 4 is 22.9 Å². The fourth-order valence-electron chi connectivity index (χ4n) is 1.64. The lowest BCUT2D eigenvalue weighted by Gasteiger charge is -2.12. The zero-order chi connectivity index (χ0) is 11.7. The normalized spacial score (nSPS) is 12.8. The second-order valence-corrected chi connectivity index (χ2v) is 5.31. The Morgan fingerprint density at radius 2 is 1.94 bits per heavy atom. The minimum absolute atomic E-state index is 0.119. The zero-order valence-electron chi connectivity index (χ0n) is 9.33. The van der Waals surface area contributed by atoms with E-state index in [4.69, 9.17) is 17.3 Å². The van der Waals surface area contributed by atoms with Gasteiger partial charge in [-0.2, -0.15) is 0 Å². The maximum absolute atomic E-state index is 6.21. The predicted octanol–water partition coefficient (Wildman–Crippen LogP) is 4.07.